The first-order chi connectivity index (χ1) is 13.5. The number of anilines is 1. The van der Waals surface area contributed by atoms with E-state index in [2.05, 4.69) is 17.3 Å². The fraction of sp³-hybridized carbons (Fsp3) is 0.619. The molecule has 7 heteroatoms. The summed E-state index contributed by atoms with van der Waals surface area (Å²) in [5, 5.41) is 2.97. The fourth-order valence-electron chi connectivity index (χ4n) is 4.03. The molecular formula is C21H31N3O4. The highest BCUT2D eigenvalue weighted by atomic mass is 16.5. The van der Waals surface area contributed by atoms with Crippen molar-refractivity contribution < 1.29 is 19.1 Å². The van der Waals surface area contributed by atoms with Crippen molar-refractivity contribution in [3.8, 4) is 11.5 Å². The average Bonchev–Trinajstić information content (AvgIpc) is 2.73. The van der Waals surface area contributed by atoms with Crippen molar-refractivity contribution in [2.45, 2.75) is 25.7 Å². The lowest BCUT2D eigenvalue weighted by atomic mass is 9.80. The maximum absolute atomic E-state index is 12.8. The van der Waals surface area contributed by atoms with Crippen LogP contribution in [0.4, 0.5) is 5.69 Å². The Bertz CT molecular complexity index is 693. The summed E-state index contributed by atoms with van der Waals surface area (Å²) in [4.78, 5) is 29.7. The van der Waals surface area contributed by atoms with E-state index < -0.39 is 0 Å². The minimum absolute atomic E-state index is 0.0166. The number of carbonyl (C=O) groups is 2. The highest BCUT2D eigenvalue weighted by Gasteiger charge is 2.33. The van der Waals surface area contributed by atoms with Crippen LogP contribution in [-0.4, -0.2) is 69.1 Å². The summed E-state index contributed by atoms with van der Waals surface area (Å²) in [6, 6.07) is 5.34. The van der Waals surface area contributed by atoms with E-state index in [9.17, 15) is 9.59 Å². The van der Waals surface area contributed by atoms with Crippen LogP contribution in [0.5, 0.6) is 11.5 Å². The zero-order chi connectivity index (χ0) is 20.1. The fourth-order valence-corrected chi connectivity index (χ4v) is 4.03. The average molecular weight is 389 g/mol. The summed E-state index contributed by atoms with van der Waals surface area (Å²) in [5.74, 6) is 1.50. The molecule has 0 spiro atoms. The molecule has 1 aliphatic carbocycles. The predicted molar refractivity (Wildman–Crippen MR) is 108 cm³/mol. The number of methoxy groups -OCH3 is 2. The van der Waals surface area contributed by atoms with Gasteiger partial charge in [-0.15, -0.1) is 0 Å². The summed E-state index contributed by atoms with van der Waals surface area (Å²) in [7, 11) is 5.25. The van der Waals surface area contributed by atoms with Gasteiger partial charge in [-0.25, -0.2) is 0 Å². The molecule has 2 aliphatic rings. The zero-order valence-electron chi connectivity index (χ0n) is 17.1. The number of carbonyl (C=O) groups excluding carboxylic acids is 2. The number of nitrogens with one attached hydrogen (secondary N) is 1. The Balaban J connectivity index is 1.53. The van der Waals surface area contributed by atoms with Gasteiger partial charge in [0.15, 0.2) is 0 Å². The van der Waals surface area contributed by atoms with Crippen molar-refractivity contribution in [3.05, 3.63) is 18.2 Å². The molecule has 0 unspecified atom stereocenters. The molecule has 1 aromatic rings. The lowest BCUT2D eigenvalue weighted by Crippen LogP contribution is -2.49. The molecule has 1 heterocycles. The summed E-state index contributed by atoms with van der Waals surface area (Å²) in [6.07, 6.45) is 3.03. The molecule has 3 rings (SSSR count). The molecule has 0 atom stereocenters. The van der Waals surface area contributed by atoms with Crippen molar-refractivity contribution in [1.29, 1.82) is 0 Å². The number of rotatable bonds is 5. The topological polar surface area (TPSA) is 71.1 Å². The molecule has 154 valence electrons. The minimum atomic E-state index is -0.0764. The highest BCUT2D eigenvalue weighted by molar-refractivity contribution is 5.94. The number of nitrogens with zero attached hydrogens (tertiary/aromatic N) is 2. The summed E-state index contributed by atoms with van der Waals surface area (Å²) in [5.41, 5.74) is 0.613. The van der Waals surface area contributed by atoms with Crippen LogP contribution in [0.3, 0.4) is 0 Å². The van der Waals surface area contributed by atoms with E-state index in [1.807, 2.05) is 4.90 Å². The van der Waals surface area contributed by atoms with Crippen molar-refractivity contribution in [1.82, 2.24) is 9.80 Å². The van der Waals surface area contributed by atoms with Crippen LogP contribution in [-0.2, 0) is 9.59 Å². The second kappa shape index (κ2) is 9.28. The SMILES string of the molecule is COc1ccc(OC)c(NC(=O)C2CCC(C(=O)N3CCN(C)CC3)CC2)c1. The molecule has 1 saturated heterocycles. The van der Waals surface area contributed by atoms with E-state index in [0.717, 1.165) is 51.9 Å². The number of ether oxygens (including phenoxy) is 2. The van der Waals surface area contributed by atoms with Gasteiger partial charge in [0.2, 0.25) is 11.8 Å². The molecule has 28 heavy (non-hydrogen) atoms. The summed E-state index contributed by atoms with van der Waals surface area (Å²) >= 11 is 0. The Labute approximate surface area is 167 Å². The van der Waals surface area contributed by atoms with Gasteiger partial charge in [-0.1, -0.05) is 0 Å². The monoisotopic (exact) mass is 389 g/mol. The molecule has 1 aromatic carbocycles. The third-order valence-electron chi connectivity index (χ3n) is 5.93. The quantitative estimate of drug-likeness (QED) is 0.836. The molecule has 0 radical (unpaired) electrons. The van der Waals surface area contributed by atoms with E-state index in [-0.39, 0.29) is 23.7 Å². The van der Waals surface area contributed by atoms with Crippen LogP contribution in [0.25, 0.3) is 0 Å². The Morgan fingerprint density at radius 3 is 2.21 bits per heavy atom. The van der Waals surface area contributed by atoms with E-state index in [1.165, 1.54) is 0 Å². The Morgan fingerprint density at radius 1 is 0.964 bits per heavy atom. The van der Waals surface area contributed by atoms with Crippen LogP contribution < -0.4 is 14.8 Å². The normalized spacial score (nSPS) is 23.2. The predicted octanol–water partition coefficient (Wildman–Crippen LogP) is 2.22. The van der Waals surface area contributed by atoms with E-state index in [4.69, 9.17) is 9.47 Å². The van der Waals surface area contributed by atoms with Gasteiger partial charge < -0.3 is 24.6 Å². The van der Waals surface area contributed by atoms with Crippen LogP contribution >= 0.6 is 0 Å². The van der Waals surface area contributed by atoms with Gasteiger partial charge in [-0.05, 0) is 44.9 Å². The van der Waals surface area contributed by atoms with Crippen LogP contribution in [0.15, 0.2) is 18.2 Å². The molecule has 0 bridgehead atoms. The van der Waals surface area contributed by atoms with Crippen LogP contribution in [0, 0.1) is 11.8 Å². The molecular weight excluding hydrogens is 358 g/mol. The standard InChI is InChI=1S/C21H31N3O4/c1-23-10-12-24(13-11-23)21(26)16-6-4-15(5-7-16)20(25)22-18-14-17(27-2)8-9-19(18)28-3/h8-9,14-16H,4-7,10-13H2,1-3H3,(H,22,25). The van der Waals surface area contributed by atoms with Crippen molar-refractivity contribution in [2.75, 3.05) is 52.8 Å². The van der Waals surface area contributed by atoms with Crippen LogP contribution in [0.2, 0.25) is 0 Å². The lowest BCUT2D eigenvalue weighted by molar-refractivity contribution is -0.139. The van der Waals surface area contributed by atoms with Gasteiger partial charge in [0.25, 0.3) is 0 Å². The Kier molecular flexibility index (Phi) is 6.78. The largest absolute Gasteiger partial charge is 0.497 e. The molecule has 0 aromatic heterocycles. The van der Waals surface area contributed by atoms with Crippen molar-refractivity contribution >= 4 is 17.5 Å². The van der Waals surface area contributed by atoms with Gasteiger partial charge in [-0.3, -0.25) is 9.59 Å². The third kappa shape index (κ3) is 4.76. The van der Waals surface area contributed by atoms with E-state index in [0.29, 0.717) is 17.2 Å². The van der Waals surface area contributed by atoms with Gasteiger partial charge in [0.1, 0.15) is 11.5 Å². The number of amides is 2. The third-order valence-corrected chi connectivity index (χ3v) is 5.93. The van der Waals surface area contributed by atoms with Gasteiger partial charge >= 0.3 is 0 Å². The molecule has 1 saturated carbocycles. The Hall–Kier alpha value is -2.28. The number of hydrogen-bond acceptors (Lipinski definition) is 5. The highest BCUT2D eigenvalue weighted by Crippen LogP contribution is 2.33. The van der Waals surface area contributed by atoms with Gasteiger partial charge in [-0.2, -0.15) is 0 Å². The molecule has 1 N–H and O–H groups in total. The molecule has 1 aliphatic heterocycles. The van der Waals surface area contributed by atoms with E-state index >= 15 is 0 Å². The first-order valence-electron chi connectivity index (χ1n) is 10.0. The van der Waals surface area contributed by atoms with Gasteiger partial charge in [0.05, 0.1) is 19.9 Å². The number of hydrogen-bond donors (Lipinski definition) is 1. The molecule has 2 amide bonds. The molecule has 7 nitrogen and oxygen atoms in total. The number of benzene rings is 1. The van der Waals surface area contributed by atoms with Crippen molar-refractivity contribution in [3.63, 3.8) is 0 Å². The van der Waals surface area contributed by atoms with Crippen LogP contribution in [0.1, 0.15) is 25.7 Å². The number of likely N-dealkylation sites (N-methyl/N-ethyl adjacent to an activating group) is 1. The molecule has 2 fully saturated rings. The van der Waals surface area contributed by atoms with E-state index in [1.54, 1.807) is 32.4 Å². The maximum Gasteiger partial charge on any atom is 0.227 e. The second-order valence-electron chi connectivity index (χ2n) is 7.73. The van der Waals surface area contributed by atoms with Crippen molar-refractivity contribution in [2.24, 2.45) is 11.8 Å². The Morgan fingerprint density at radius 2 is 1.61 bits per heavy atom. The first kappa shape index (κ1) is 20.5. The number of piperazine rings is 1. The van der Waals surface area contributed by atoms with Gasteiger partial charge in [0, 0.05) is 44.1 Å². The first-order valence-corrected chi connectivity index (χ1v) is 10.0. The second-order valence-corrected chi connectivity index (χ2v) is 7.73. The minimum Gasteiger partial charge on any atom is -0.497 e. The summed E-state index contributed by atoms with van der Waals surface area (Å²) < 4.78 is 10.6. The smallest absolute Gasteiger partial charge is 0.227 e. The maximum atomic E-state index is 12.8. The lowest BCUT2D eigenvalue weighted by Gasteiger charge is -2.36. The summed E-state index contributed by atoms with van der Waals surface area (Å²) in [6.45, 7) is 3.49. The zero-order valence-corrected chi connectivity index (χ0v) is 17.1.